The molecule has 126 valence electrons. The number of carbonyl (C=O) groups is 1. The van der Waals surface area contributed by atoms with Gasteiger partial charge in [-0.3, -0.25) is 4.79 Å². The summed E-state index contributed by atoms with van der Waals surface area (Å²) in [5, 5.41) is 30.3. The molecule has 0 aliphatic heterocycles. The number of aromatic hydroxyl groups is 3. The number of methoxy groups -OCH3 is 1. The van der Waals surface area contributed by atoms with E-state index < -0.39 is 5.78 Å². The summed E-state index contributed by atoms with van der Waals surface area (Å²) in [6.07, 6.45) is 2.26. The summed E-state index contributed by atoms with van der Waals surface area (Å²) in [7, 11) is 1.39. The quantitative estimate of drug-likeness (QED) is 0.577. The molecule has 0 aliphatic rings. The maximum absolute atomic E-state index is 12.8. The van der Waals surface area contributed by atoms with Crippen molar-refractivity contribution >= 4 is 5.78 Å². The number of phenolic OH excluding ortho intramolecular Hbond substituents is 3. The predicted molar refractivity (Wildman–Crippen MR) is 91.0 cm³/mol. The number of ketones is 1. The lowest BCUT2D eigenvalue weighted by molar-refractivity contribution is 0.103. The Balaban J connectivity index is 2.55. The number of allylic oxidation sites excluding steroid dienone is 2. The van der Waals surface area contributed by atoms with E-state index in [2.05, 4.69) is 0 Å². The van der Waals surface area contributed by atoms with Crippen molar-refractivity contribution < 1.29 is 24.9 Å². The van der Waals surface area contributed by atoms with Crippen LogP contribution in [0.3, 0.4) is 0 Å². The Kier molecular flexibility index (Phi) is 5.14. The fraction of sp³-hybridized carbons (Fsp3) is 0.211. The maximum atomic E-state index is 12.8. The molecule has 0 saturated carbocycles. The van der Waals surface area contributed by atoms with Crippen molar-refractivity contribution in [2.75, 3.05) is 7.11 Å². The van der Waals surface area contributed by atoms with Crippen LogP contribution in [-0.4, -0.2) is 28.2 Å². The third-order valence-electron chi connectivity index (χ3n) is 3.64. The zero-order valence-electron chi connectivity index (χ0n) is 13.8. The second-order valence-corrected chi connectivity index (χ2v) is 5.66. The van der Waals surface area contributed by atoms with Gasteiger partial charge in [-0.25, -0.2) is 0 Å². The van der Waals surface area contributed by atoms with Crippen LogP contribution in [0.4, 0.5) is 0 Å². The maximum Gasteiger partial charge on any atom is 0.200 e. The first kappa shape index (κ1) is 17.4. The monoisotopic (exact) mass is 328 g/mol. The number of carbonyl (C=O) groups excluding carboxylic acids is 1. The SMILES string of the molecule is COc1cc(O)c(C(=O)c2cccc(O)c2CC=C(C)C)c(O)c1. The Morgan fingerprint density at radius 3 is 2.25 bits per heavy atom. The summed E-state index contributed by atoms with van der Waals surface area (Å²) in [6.45, 7) is 3.84. The summed E-state index contributed by atoms with van der Waals surface area (Å²) in [4.78, 5) is 12.8. The highest BCUT2D eigenvalue weighted by Crippen LogP contribution is 2.35. The molecule has 0 spiro atoms. The average molecular weight is 328 g/mol. The first-order valence-corrected chi connectivity index (χ1v) is 7.44. The third-order valence-corrected chi connectivity index (χ3v) is 3.64. The molecule has 5 nitrogen and oxygen atoms in total. The highest BCUT2D eigenvalue weighted by Gasteiger charge is 2.23. The molecule has 24 heavy (non-hydrogen) atoms. The molecular formula is C19H20O5. The molecule has 0 aliphatic carbocycles. The normalized spacial score (nSPS) is 10.3. The van der Waals surface area contributed by atoms with Gasteiger partial charge < -0.3 is 20.1 Å². The molecule has 0 unspecified atom stereocenters. The lowest BCUT2D eigenvalue weighted by Crippen LogP contribution is -2.06. The highest BCUT2D eigenvalue weighted by atomic mass is 16.5. The molecule has 0 fully saturated rings. The van der Waals surface area contributed by atoms with E-state index in [9.17, 15) is 20.1 Å². The van der Waals surface area contributed by atoms with Gasteiger partial charge in [0.1, 0.15) is 28.6 Å². The lowest BCUT2D eigenvalue weighted by atomic mass is 9.94. The van der Waals surface area contributed by atoms with Crippen LogP contribution in [0.2, 0.25) is 0 Å². The van der Waals surface area contributed by atoms with Crippen LogP contribution in [0.15, 0.2) is 42.0 Å². The molecule has 0 aromatic heterocycles. The van der Waals surface area contributed by atoms with Crippen molar-refractivity contribution in [2.24, 2.45) is 0 Å². The minimum atomic E-state index is -0.569. The van der Waals surface area contributed by atoms with E-state index in [0.717, 1.165) is 5.57 Å². The van der Waals surface area contributed by atoms with Crippen molar-refractivity contribution in [3.05, 3.63) is 58.7 Å². The molecular weight excluding hydrogens is 308 g/mol. The van der Waals surface area contributed by atoms with Crippen LogP contribution in [-0.2, 0) is 6.42 Å². The summed E-state index contributed by atoms with van der Waals surface area (Å²) >= 11 is 0. The second kappa shape index (κ2) is 7.08. The number of benzene rings is 2. The Morgan fingerprint density at radius 1 is 1.08 bits per heavy atom. The number of hydrogen-bond donors (Lipinski definition) is 3. The summed E-state index contributed by atoms with van der Waals surface area (Å²) in [6, 6.07) is 7.11. The fourth-order valence-electron chi connectivity index (χ4n) is 2.38. The molecule has 2 aromatic rings. The van der Waals surface area contributed by atoms with Crippen molar-refractivity contribution in [2.45, 2.75) is 20.3 Å². The van der Waals surface area contributed by atoms with Gasteiger partial charge in [-0.15, -0.1) is 0 Å². The van der Waals surface area contributed by atoms with Crippen molar-refractivity contribution in [1.29, 1.82) is 0 Å². The number of rotatable bonds is 5. The zero-order chi connectivity index (χ0) is 17.9. The van der Waals surface area contributed by atoms with Crippen molar-refractivity contribution in [1.82, 2.24) is 0 Å². The molecule has 0 radical (unpaired) electrons. The van der Waals surface area contributed by atoms with E-state index in [1.807, 2.05) is 19.9 Å². The van der Waals surface area contributed by atoms with E-state index in [4.69, 9.17) is 4.74 Å². The number of phenols is 3. The van der Waals surface area contributed by atoms with Crippen molar-refractivity contribution in [3.8, 4) is 23.0 Å². The van der Waals surface area contributed by atoms with Gasteiger partial charge in [0, 0.05) is 23.3 Å². The van der Waals surface area contributed by atoms with E-state index in [-0.39, 0.29) is 34.1 Å². The van der Waals surface area contributed by atoms with Gasteiger partial charge >= 0.3 is 0 Å². The molecule has 3 N–H and O–H groups in total. The molecule has 0 amide bonds. The topological polar surface area (TPSA) is 87.0 Å². The Labute approximate surface area is 140 Å². The van der Waals surface area contributed by atoms with Gasteiger partial charge in [-0.1, -0.05) is 23.8 Å². The Bertz CT molecular complexity index is 778. The molecule has 2 rings (SSSR count). The smallest absolute Gasteiger partial charge is 0.200 e. The second-order valence-electron chi connectivity index (χ2n) is 5.66. The Hall–Kier alpha value is -2.95. The van der Waals surface area contributed by atoms with Gasteiger partial charge in [0.2, 0.25) is 5.78 Å². The molecule has 0 saturated heterocycles. The molecule has 0 heterocycles. The van der Waals surface area contributed by atoms with Crippen molar-refractivity contribution in [3.63, 3.8) is 0 Å². The van der Waals surface area contributed by atoms with Crippen LogP contribution < -0.4 is 4.74 Å². The third kappa shape index (κ3) is 3.51. The van der Waals surface area contributed by atoms with Crippen LogP contribution in [0, 0.1) is 0 Å². The van der Waals surface area contributed by atoms with Gasteiger partial charge in [-0.05, 0) is 26.3 Å². The van der Waals surface area contributed by atoms with Crippen LogP contribution in [0.5, 0.6) is 23.0 Å². The van der Waals surface area contributed by atoms with E-state index in [0.29, 0.717) is 12.0 Å². The highest BCUT2D eigenvalue weighted by molar-refractivity contribution is 6.13. The van der Waals surface area contributed by atoms with Crippen LogP contribution in [0.25, 0.3) is 0 Å². The largest absolute Gasteiger partial charge is 0.508 e. The lowest BCUT2D eigenvalue weighted by Gasteiger charge is -2.12. The molecule has 2 aromatic carbocycles. The first-order chi connectivity index (χ1) is 11.3. The van der Waals surface area contributed by atoms with E-state index in [1.54, 1.807) is 12.1 Å². The molecule has 0 bridgehead atoms. The minimum Gasteiger partial charge on any atom is -0.508 e. The average Bonchev–Trinajstić information content (AvgIpc) is 2.52. The predicted octanol–water partition coefficient (Wildman–Crippen LogP) is 3.55. The van der Waals surface area contributed by atoms with Gasteiger partial charge in [-0.2, -0.15) is 0 Å². The summed E-state index contributed by atoms with van der Waals surface area (Å²) < 4.78 is 4.94. The van der Waals surface area contributed by atoms with Crippen LogP contribution in [0.1, 0.15) is 35.3 Å². The van der Waals surface area contributed by atoms with Gasteiger partial charge in [0.15, 0.2) is 0 Å². The van der Waals surface area contributed by atoms with Gasteiger partial charge in [0.25, 0.3) is 0 Å². The summed E-state index contributed by atoms with van der Waals surface area (Å²) in [5.74, 6) is -1.10. The molecule has 5 heteroatoms. The minimum absolute atomic E-state index is 0.00848. The van der Waals surface area contributed by atoms with E-state index in [1.165, 1.54) is 25.3 Å². The van der Waals surface area contributed by atoms with Gasteiger partial charge in [0.05, 0.1) is 7.11 Å². The first-order valence-electron chi connectivity index (χ1n) is 7.44. The standard InChI is InChI=1S/C19H20O5/c1-11(2)7-8-13-14(5-4-6-15(13)20)19(23)18-16(21)9-12(24-3)10-17(18)22/h4-7,9-10,20-22H,8H2,1-3H3. The fourth-order valence-corrected chi connectivity index (χ4v) is 2.38. The zero-order valence-corrected chi connectivity index (χ0v) is 13.8. The molecule has 0 atom stereocenters. The number of hydrogen-bond acceptors (Lipinski definition) is 5. The summed E-state index contributed by atoms with van der Waals surface area (Å²) in [5.41, 5.74) is 1.49. The Morgan fingerprint density at radius 2 is 1.71 bits per heavy atom. The number of ether oxygens (including phenoxy) is 1. The van der Waals surface area contributed by atoms with Crippen LogP contribution >= 0.6 is 0 Å². The van der Waals surface area contributed by atoms with E-state index >= 15 is 0 Å².